The highest BCUT2D eigenvalue weighted by molar-refractivity contribution is 9.10. The van der Waals surface area contributed by atoms with E-state index in [9.17, 15) is 13.2 Å². The van der Waals surface area contributed by atoms with Gasteiger partial charge < -0.3 is 15.2 Å². The van der Waals surface area contributed by atoms with Gasteiger partial charge in [-0.3, -0.25) is 0 Å². The minimum Gasteiger partial charge on any atom is -0.466 e. The molecule has 0 aliphatic heterocycles. The van der Waals surface area contributed by atoms with E-state index < -0.39 is 19.6 Å². The number of nitrogens with two attached hydrogens (primary N) is 1. The van der Waals surface area contributed by atoms with Crippen molar-refractivity contribution in [3.63, 3.8) is 0 Å². The van der Waals surface area contributed by atoms with Crippen molar-refractivity contribution in [2.75, 3.05) is 13.4 Å². The Morgan fingerprint density at radius 2 is 2.05 bits per heavy atom. The van der Waals surface area contributed by atoms with E-state index in [2.05, 4.69) is 20.7 Å². The summed E-state index contributed by atoms with van der Waals surface area (Å²) < 4.78 is 45.6. The van der Waals surface area contributed by atoms with Gasteiger partial charge in [-0.1, -0.05) is 6.07 Å². The van der Waals surface area contributed by atoms with Gasteiger partial charge >= 0.3 is 6.18 Å². The summed E-state index contributed by atoms with van der Waals surface area (Å²) in [5, 5.41) is 0. The van der Waals surface area contributed by atoms with Gasteiger partial charge in [0.25, 0.3) is 0 Å². The van der Waals surface area contributed by atoms with Crippen LogP contribution in [0.1, 0.15) is 12.5 Å². The van der Waals surface area contributed by atoms with Crippen molar-refractivity contribution in [2.24, 2.45) is 5.73 Å². The highest BCUT2D eigenvalue weighted by atomic mass is 79.9. The zero-order valence-electron chi connectivity index (χ0n) is 10.3. The quantitative estimate of drug-likeness (QED) is 0.638. The molecule has 3 nitrogen and oxygen atoms in total. The predicted molar refractivity (Wildman–Crippen MR) is 69.0 cm³/mol. The molecule has 0 bridgehead atoms. The molecule has 0 saturated heterocycles. The molecule has 1 unspecified atom stereocenters. The fourth-order valence-corrected chi connectivity index (χ4v) is 1.96. The lowest BCUT2D eigenvalue weighted by Gasteiger charge is -2.12. The first-order chi connectivity index (χ1) is 8.78. The van der Waals surface area contributed by atoms with Gasteiger partial charge in [-0.25, -0.2) is 0 Å². The summed E-state index contributed by atoms with van der Waals surface area (Å²) in [5.41, 5.74) is 6.70. The lowest BCUT2D eigenvalue weighted by Crippen LogP contribution is -2.19. The second-order valence-electron chi connectivity index (χ2n) is 4.17. The lowest BCUT2D eigenvalue weighted by molar-refractivity contribution is -0.186. The molecule has 0 amide bonds. The van der Waals surface area contributed by atoms with Crippen molar-refractivity contribution in [3.05, 3.63) is 28.2 Å². The molecule has 2 N–H and O–H groups in total. The summed E-state index contributed by atoms with van der Waals surface area (Å²) in [5.74, 6) is 0.426. The summed E-state index contributed by atoms with van der Waals surface area (Å²) in [6, 6.07) is 5.34. The van der Waals surface area contributed by atoms with E-state index in [1.165, 1.54) is 0 Å². The summed E-state index contributed by atoms with van der Waals surface area (Å²) in [6.07, 6.45) is -3.63. The molecule has 0 spiro atoms. The highest BCUT2D eigenvalue weighted by Crippen LogP contribution is 2.26. The topological polar surface area (TPSA) is 44.5 Å². The normalized spacial score (nSPS) is 13.4. The Balaban J connectivity index is 2.46. The Morgan fingerprint density at radius 1 is 1.37 bits per heavy atom. The Labute approximate surface area is 118 Å². The largest absolute Gasteiger partial charge is 0.466 e. The molecule has 1 aromatic carbocycles. The van der Waals surface area contributed by atoms with Crippen LogP contribution in [0.2, 0.25) is 0 Å². The molecular weight excluding hydrogens is 327 g/mol. The Kier molecular flexibility index (Phi) is 6.09. The van der Waals surface area contributed by atoms with Gasteiger partial charge in [0.1, 0.15) is 12.4 Å². The van der Waals surface area contributed by atoms with Crippen molar-refractivity contribution >= 4 is 15.9 Å². The molecule has 1 rings (SSSR count). The smallest absolute Gasteiger partial charge is 0.411 e. The third kappa shape index (κ3) is 6.79. The van der Waals surface area contributed by atoms with Gasteiger partial charge in [0.2, 0.25) is 0 Å². The zero-order valence-corrected chi connectivity index (χ0v) is 11.9. The van der Waals surface area contributed by atoms with Crippen molar-refractivity contribution in [3.8, 4) is 5.75 Å². The van der Waals surface area contributed by atoms with E-state index >= 15 is 0 Å². The Bertz CT molecular complexity index is 410. The lowest BCUT2D eigenvalue weighted by atomic mass is 10.1. The monoisotopic (exact) mass is 341 g/mol. The molecule has 0 aliphatic carbocycles. The van der Waals surface area contributed by atoms with Crippen LogP contribution >= 0.6 is 15.9 Å². The van der Waals surface area contributed by atoms with Crippen LogP contribution in [-0.2, 0) is 11.2 Å². The molecule has 0 saturated carbocycles. The molecule has 108 valence electrons. The highest BCUT2D eigenvalue weighted by Gasteiger charge is 2.27. The first-order valence-corrected chi connectivity index (χ1v) is 6.38. The number of rotatable bonds is 6. The average molecular weight is 342 g/mol. The molecule has 7 heteroatoms. The van der Waals surface area contributed by atoms with Crippen LogP contribution < -0.4 is 10.5 Å². The molecule has 0 radical (unpaired) electrons. The molecule has 1 aromatic rings. The minimum atomic E-state index is -4.35. The van der Waals surface area contributed by atoms with Crippen LogP contribution in [0.3, 0.4) is 0 Å². The van der Waals surface area contributed by atoms with Gasteiger partial charge in [-0.05, 0) is 47.0 Å². The van der Waals surface area contributed by atoms with Gasteiger partial charge in [0.05, 0.1) is 4.47 Å². The average Bonchev–Trinajstić information content (AvgIpc) is 2.24. The second-order valence-corrected chi connectivity index (χ2v) is 5.03. The molecule has 1 atom stereocenters. The summed E-state index contributed by atoms with van der Waals surface area (Å²) in [7, 11) is 0. The van der Waals surface area contributed by atoms with Crippen LogP contribution in [0.4, 0.5) is 13.2 Å². The van der Waals surface area contributed by atoms with E-state index in [1.54, 1.807) is 6.07 Å². The van der Waals surface area contributed by atoms with Crippen molar-refractivity contribution in [1.29, 1.82) is 0 Å². The van der Waals surface area contributed by atoms with Crippen LogP contribution in [0.25, 0.3) is 0 Å². The number of halogens is 4. The number of hydrogen-bond acceptors (Lipinski definition) is 3. The first-order valence-electron chi connectivity index (χ1n) is 5.59. The second kappa shape index (κ2) is 7.12. The first kappa shape index (κ1) is 16.3. The van der Waals surface area contributed by atoms with Gasteiger partial charge in [0, 0.05) is 6.04 Å². The Morgan fingerprint density at radius 3 is 2.58 bits per heavy atom. The van der Waals surface area contributed by atoms with E-state index in [1.807, 2.05) is 19.1 Å². The van der Waals surface area contributed by atoms with E-state index in [-0.39, 0.29) is 6.04 Å². The molecule has 0 aliphatic rings. The van der Waals surface area contributed by atoms with Gasteiger partial charge in [0.15, 0.2) is 6.79 Å². The van der Waals surface area contributed by atoms with Crippen molar-refractivity contribution in [1.82, 2.24) is 0 Å². The molecule has 19 heavy (non-hydrogen) atoms. The van der Waals surface area contributed by atoms with E-state index in [0.29, 0.717) is 16.6 Å². The molecule has 0 heterocycles. The standard InChI is InChI=1S/C12H15BrF3NO2/c1-8(17)4-9-2-3-11(10(13)5-9)19-7-18-6-12(14,15)16/h2-3,5,8H,4,6-7,17H2,1H3. The van der Waals surface area contributed by atoms with Crippen LogP contribution in [-0.4, -0.2) is 25.6 Å². The third-order valence-electron chi connectivity index (χ3n) is 2.12. The zero-order chi connectivity index (χ0) is 14.5. The number of benzene rings is 1. The molecular formula is C12H15BrF3NO2. The van der Waals surface area contributed by atoms with Crippen molar-refractivity contribution in [2.45, 2.75) is 25.6 Å². The van der Waals surface area contributed by atoms with Crippen LogP contribution in [0.15, 0.2) is 22.7 Å². The van der Waals surface area contributed by atoms with E-state index in [4.69, 9.17) is 10.5 Å². The maximum atomic E-state index is 11.8. The molecule has 0 fully saturated rings. The fourth-order valence-electron chi connectivity index (χ4n) is 1.42. The van der Waals surface area contributed by atoms with Gasteiger partial charge in [-0.2, -0.15) is 13.2 Å². The maximum absolute atomic E-state index is 11.8. The maximum Gasteiger partial charge on any atom is 0.411 e. The minimum absolute atomic E-state index is 0.0359. The van der Waals surface area contributed by atoms with E-state index in [0.717, 1.165) is 5.56 Å². The van der Waals surface area contributed by atoms with Crippen molar-refractivity contribution < 1.29 is 22.6 Å². The summed E-state index contributed by atoms with van der Waals surface area (Å²) in [4.78, 5) is 0. The SMILES string of the molecule is CC(N)Cc1ccc(OCOCC(F)(F)F)c(Br)c1. The fraction of sp³-hybridized carbons (Fsp3) is 0.500. The third-order valence-corrected chi connectivity index (χ3v) is 2.74. The number of ether oxygens (including phenoxy) is 2. The van der Waals surface area contributed by atoms with Crippen LogP contribution in [0, 0.1) is 0 Å². The summed E-state index contributed by atoms with van der Waals surface area (Å²) in [6.45, 7) is 0.113. The molecule has 0 aromatic heterocycles. The Hall–Kier alpha value is -0.790. The van der Waals surface area contributed by atoms with Crippen LogP contribution in [0.5, 0.6) is 5.75 Å². The number of alkyl halides is 3. The number of hydrogen-bond donors (Lipinski definition) is 1. The van der Waals surface area contributed by atoms with Gasteiger partial charge in [-0.15, -0.1) is 0 Å². The predicted octanol–water partition coefficient (Wildman–Crippen LogP) is 3.25. The summed E-state index contributed by atoms with van der Waals surface area (Å²) >= 11 is 3.29.